The largest absolute Gasteiger partial charge is 0.755 e. The molecule has 6 nitrogen and oxygen atoms in total. The lowest BCUT2D eigenvalue weighted by Crippen LogP contribution is -2.14. The zero-order chi connectivity index (χ0) is 18.9. The standard InChI is InChI=1S/C16H12F3N3O3S.ClH/c17-16(18,19)12-7-9(5-6-13(12)22-26(24)25)8-14-10-3-1-2-4-11(10)15(23)21-20-14;/h1-7,22H,8H2,(H,21,23)(H,24,25);1H/p-1. The highest BCUT2D eigenvalue weighted by molar-refractivity contribution is 7.80. The van der Waals surface area contributed by atoms with Crippen molar-refractivity contribution in [3.63, 3.8) is 0 Å². The van der Waals surface area contributed by atoms with Crippen molar-refractivity contribution >= 4 is 40.1 Å². The summed E-state index contributed by atoms with van der Waals surface area (Å²) in [5.74, 6) is 0. The molecule has 1 atom stereocenters. The van der Waals surface area contributed by atoms with Gasteiger partial charge in [0.15, 0.2) is 0 Å². The van der Waals surface area contributed by atoms with E-state index in [4.69, 9.17) is 0 Å². The molecule has 0 aliphatic heterocycles. The van der Waals surface area contributed by atoms with E-state index >= 15 is 0 Å². The van der Waals surface area contributed by atoms with E-state index in [1.165, 1.54) is 6.07 Å². The van der Waals surface area contributed by atoms with Crippen LogP contribution in [0.15, 0.2) is 47.3 Å². The van der Waals surface area contributed by atoms with Gasteiger partial charge in [0.05, 0.1) is 22.3 Å². The minimum absolute atomic E-state index is 0. The highest BCUT2D eigenvalue weighted by Gasteiger charge is 2.34. The van der Waals surface area contributed by atoms with Crippen LogP contribution in [0.5, 0.6) is 0 Å². The fraction of sp³-hybridized carbons (Fsp3) is 0.125. The third-order valence-corrected chi connectivity index (χ3v) is 4.12. The minimum Gasteiger partial charge on any atom is -0.755 e. The zero-order valence-electron chi connectivity index (χ0n) is 13.4. The third kappa shape index (κ3) is 4.65. The lowest BCUT2D eigenvalue weighted by molar-refractivity contribution is -0.136. The van der Waals surface area contributed by atoms with Crippen molar-refractivity contribution in [2.45, 2.75) is 12.6 Å². The summed E-state index contributed by atoms with van der Waals surface area (Å²) in [6, 6.07) is 9.90. The molecule has 0 fully saturated rings. The minimum atomic E-state index is -4.74. The number of aromatic nitrogens is 2. The molecule has 2 N–H and O–H groups in total. The second kappa shape index (κ2) is 8.07. The van der Waals surface area contributed by atoms with E-state index in [1.54, 1.807) is 29.0 Å². The number of benzene rings is 2. The van der Waals surface area contributed by atoms with Gasteiger partial charge in [0.2, 0.25) is 0 Å². The Hall–Kier alpha value is -2.43. The van der Waals surface area contributed by atoms with Crippen LogP contribution in [0.4, 0.5) is 18.9 Å². The van der Waals surface area contributed by atoms with Gasteiger partial charge in [-0.3, -0.25) is 9.00 Å². The molecular formula is C16H12ClF3N3O3S-. The van der Waals surface area contributed by atoms with E-state index in [1.807, 2.05) is 0 Å². The van der Waals surface area contributed by atoms with Gasteiger partial charge in [-0.25, -0.2) is 5.10 Å². The van der Waals surface area contributed by atoms with Crippen LogP contribution in [0.3, 0.4) is 0 Å². The smallest absolute Gasteiger partial charge is 0.418 e. The van der Waals surface area contributed by atoms with Gasteiger partial charge >= 0.3 is 6.18 Å². The van der Waals surface area contributed by atoms with Gasteiger partial charge in [-0.2, -0.15) is 18.3 Å². The summed E-state index contributed by atoms with van der Waals surface area (Å²) in [4.78, 5) is 11.8. The number of fused-ring (bicyclic) bond motifs is 1. The van der Waals surface area contributed by atoms with Crippen LogP contribution in [0, 0.1) is 0 Å². The summed E-state index contributed by atoms with van der Waals surface area (Å²) in [6.45, 7) is 0. The number of H-pyrrole nitrogens is 1. The predicted molar refractivity (Wildman–Crippen MR) is 96.4 cm³/mol. The second-order valence-electron chi connectivity index (χ2n) is 5.44. The molecule has 0 radical (unpaired) electrons. The number of hydrogen-bond acceptors (Lipinski definition) is 4. The molecule has 0 bridgehead atoms. The first kappa shape index (κ1) is 20.9. The Morgan fingerprint density at radius 2 is 1.81 bits per heavy atom. The van der Waals surface area contributed by atoms with Gasteiger partial charge in [0.25, 0.3) is 5.56 Å². The summed E-state index contributed by atoms with van der Waals surface area (Å²) < 4.78 is 62.8. The van der Waals surface area contributed by atoms with Crippen LogP contribution in [0.25, 0.3) is 10.8 Å². The summed E-state index contributed by atoms with van der Waals surface area (Å²) in [5.41, 5.74) is -1.38. The van der Waals surface area contributed by atoms with E-state index < -0.39 is 34.3 Å². The highest BCUT2D eigenvalue weighted by atomic mass is 35.5. The Kier molecular flexibility index (Phi) is 6.24. The first-order chi connectivity index (χ1) is 12.3. The molecule has 1 heterocycles. The molecule has 3 aromatic rings. The summed E-state index contributed by atoms with van der Waals surface area (Å²) in [7, 11) is 0. The Morgan fingerprint density at radius 1 is 1.15 bits per heavy atom. The van der Waals surface area contributed by atoms with E-state index in [2.05, 4.69) is 10.2 Å². The molecular weight excluding hydrogens is 407 g/mol. The van der Waals surface area contributed by atoms with E-state index in [9.17, 15) is 26.7 Å². The molecule has 2 aromatic carbocycles. The first-order valence-electron chi connectivity index (χ1n) is 7.28. The maximum Gasteiger partial charge on any atom is 0.418 e. The van der Waals surface area contributed by atoms with Crippen molar-refractivity contribution in [1.29, 1.82) is 0 Å². The lowest BCUT2D eigenvalue weighted by atomic mass is 10.0. The number of halogens is 4. The normalized spacial score (nSPS) is 12.4. The van der Waals surface area contributed by atoms with Crippen LogP contribution in [0.1, 0.15) is 16.8 Å². The van der Waals surface area contributed by atoms with E-state index in [-0.39, 0.29) is 24.4 Å². The molecule has 0 saturated heterocycles. The van der Waals surface area contributed by atoms with Crippen molar-refractivity contribution in [3.8, 4) is 0 Å². The van der Waals surface area contributed by atoms with Gasteiger partial charge in [-0.05, 0) is 23.8 Å². The summed E-state index contributed by atoms with van der Waals surface area (Å²) in [6.07, 6.45) is -4.71. The number of nitrogens with zero attached hydrogens (tertiary/aromatic N) is 1. The van der Waals surface area contributed by atoms with E-state index in [0.29, 0.717) is 16.5 Å². The van der Waals surface area contributed by atoms with Crippen molar-refractivity contribution in [1.82, 2.24) is 10.2 Å². The van der Waals surface area contributed by atoms with Crippen LogP contribution in [0.2, 0.25) is 0 Å². The van der Waals surface area contributed by atoms with Gasteiger partial charge < -0.3 is 9.27 Å². The fourth-order valence-corrected chi connectivity index (χ4v) is 2.97. The summed E-state index contributed by atoms with van der Waals surface area (Å²) >= 11 is -2.88. The maximum atomic E-state index is 13.2. The van der Waals surface area contributed by atoms with Crippen LogP contribution in [-0.2, 0) is 23.9 Å². The fourth-order valence-electron chi connectivity index (χ4n) is 2.61. The van der Waals surface area contributed by atoms with Crippen LogP contribution >= 0.6 is 12.4 Å². The average molecular weight is 419 g/mol. The molecule has 0 aliphatic rings. The predicted octanol–water partition coefficient (Wildman–Crippen LogP) is 3.16. The van der Waals surface area contributed by atoms with Gasteiger partial charge in [0, 0.05) is 23.1 Å². The monoisotopic (exact) mass is 418 g/mol. The maximum absolute atomic E-state index is 13.2. The number of nitrogens with one attached hydrogen (secondary N) is 2. The SMILES string of the molecule is Cl.O=c1[nH]nc(Cc2ccc(NS(=O)[O-])c(C(F)(F)F)c2)c2ccccc12. The number of hydrogen-bond donors (Lipinski definition) is 2. The second-order valence-corrected chi connectivity index (χ2v) is 6.11. The molecule has 0 spiro atoms. The Bertz CT molecular complexity index is 1060. The number of aromatic amines is 1. The van der Waals surface area contributed by atoms with Crippen molar-refractivity contribution < 1.29 is 21.9 Å². The van der Waals surface area contributed by atoms with Crippen molar-refractivity contribution in [2.75, 3.05) is 4.72 Å². The number of alkyl halides is 3. The van der Waals surface area contributed by atoms with Crippen molar-refractivity contribution in [2.24, 2.45) is 0 Å². The molecule has 1 aromatic heterocycles. The molecule has 0 amide bonds. The Labute approximate surface area is 159 Å². The first-order valence-corrected chi connectivity index (χ1v) is 8.35. The topological polar surface area (TPSA) is 97.9 Å². The van der Waals surface area contributed by atoms with Crippen LogP contribution < -0.4 is 10.3 Å². The molecule has 1 unspecified atom stereocenters. The molecule has 11 heteroatoms. The zero-order valence-corrected chi connectivity index (χ0v) is 15.0. The van der Waals surface area contributed by atoms with Crippen LogP contribution in [-0.4, -0.2) is 19.0 Å². The lowest BCUT2D eigenvalue weighted by Gasteiger charge is -2.17. The molecule has 27 heavy (non-hydrogen) atoms. The van der Waals surface area contributed by atoms with Gasteiger partial charge in [-0.1, -0.05) is 24.3 Å². The van der Waals surface area contributed by atoms with Gasteiger partial charge in [0.1, 0.15) is 0 Å². The number of anilines is 1. The van der Waals surface area contributed by atoms with E-state index in [0.717, 1.165) is 12.1 Å². The molecule has 0 aliphatic carbocycles. The molecule has 144 valence electrons. The average Bonchev–Trinajstić information content (AvgIpc) is 2.57. The van der Waals surface area contributed by atoms with Gasteiger partial charge in [-0.15, -0.1) is 12.4 Å². The third-order valence-electron chi connectivity index (χ3n) is 3.73. The number of rotatable bonds is 4. The highest BCUT2D eigenvalue weighted by Crippen LogP contribution is 2.36. The summed E-state index contributed by atoms with van der Waals surface area (Å²) in [5, 5.41) is 7.17. The Balaban J connectivity index is 0.00000261. The molecule has 0 saturated carbocycles. The quantitative estimate of drug-likeness (QED) is 0.636. The Morgan fingerprint density at radius 3 is 2.44 bits per heavy atom. The molecule has 3 rings (SSSR count). The van der Waals surface area contributed by atoms with Crippen molar-refractivity contribution in [3.05, 3.63) is 69.6 Å².